The Morgan fingerprint density at radius 1 is 1.40 bits per heavy atom. The highest BCUT2D eigenvalue weighted by Gasteiger charge is 2.11. The third kappa shape index (κ3) is 4.17. The van der Waals surface area contributed by atoms with E-state index >= 15 is 0 Å². The van der Waals surface area contributed by atoms with Crippen molar-refractivity contribution in [3.8, 4) is 0 Å². The number of benzene rings is 1. The van der Waals surface area contributed by atoms with Crippen molar-refractivity contribution in [2.24, 2.45) is 5.73 Å². The van der Waals surface area contributed by atoms with Gasteiger partial charge in [0, 0.05) is 4.47 Å². The van der Waals surface area contributed by atoms with Crippen LogP contribution in [0.5, 0.6) is 0 Å². The highest BCUT2D eigenvalue weighted by molar-refractivity contribution is 9.10. The van der Waals surface area contributed by atoms with Crippen LogP contribution in [0.2, 0.25) is 0 Å². The van der Waals surface area contributed by atoms with E-state index in [1.807, 2.05) is 17.8 Å². The number of rotatable bonds is 6. The molecule has 1 aromatic carbocycles. The van der Waals surface area contributed by atoms with Gasteiger partial charge in [-0.25, -0.2) is 0 Å². The lowest BCUT2D eigenvalue weighted by Crippen LogP contribution is -2.13. The van der Waals surface area contributed by atoms with Gasteiger partial charge in [0.2, 0.25) is 0 Å². The van der Waals surface area contributed by atoms with E-state index in [4.69, 9.17) is 5.73 Å². The molecule has 0 fully saturated rings. The molecule has 1 nitrogen and oxygen atoms in total. The zero-order chi connectivity index (χ0) is 11.1. The number of thioether (sulfide) groups is 1. The van der Waals surface area contributed by atoms with Gasteiger partial charge in [0.05, 0.1) is 0 Å². The van der Waals surface area contributed by atoms with Gasteiger partial charge in [-0.05, 0) is 42.0 Å². The number of nitrogens with two attached hydrogens (primary N) is 1. The van der Waals surface area contributed by atoms with Crippen molar-refractivity contribution in [2.75, 3.05) is 18.1 Å². The van der Waals surface area contributed by atoms with Gasteiger partial charge in [0.1, 0.15) is 0 Å². The zero-order valence-corrected chi connectivity index (χ0v) is 11.5. The average Bonchev–Trinajstić information content (AvgIpc) is 2.26. The van der Waals surface area contributed by atoms with E-state index in [9.17, 15) is 0 Å². The zero-order valence-electron chi connectivity index (χ0n) is 9.08. The molecule has 1 unspecified atom stereocenters. The van der Waals surface area contributed by atoms with Crippen LogP contribution in [-0.4, -0.2) is 18.1 Å². The summed E-state index contributed by atoms with van der Waals surface area (Å²) in [5.74, 6) is 2.87. The van der Waals surface area contributed by atoms with Gasteiger partial charge >= 0.3 is 0 Å². The third-order valence-corrected chi connectivity index (χ3v) is 4.10. The predicted molar refractivity (Wildman–Crippen MR) is 73.6 cm³/mol. The van der Waals surface area contributed by atoms with Crippen LogP contribution in [0.25, 0.3) is 0 Å². The van der Waals surface area contributed by atoms with E-state index in [0.717, 1.165) is 13.0 Å². The van der Waals surface area contributed by atoms with Gasteiger partial charge < -0.3 is 5.73 Å². The minimum Gasteiger partial charge on any atom is -0.330 e. The molecule has 0 aliphatic rings. The first-order valence-corrected chi connectivity index (χ1v) is 7.26. The number of hydrogen-bond acceptors (Lipinski definition) is 2. The Labute approximate surface area is 105 Å². The Bertz CT molecular complexity index is 291. The molecule has 0 saturated carbocycles. The molecule has 0 heterocycles. The topological polar surface area (TPSA) is 26.0 Å². The molecule has 0 radical (unpaired) electrons. The molecular weight excluding hydrogens is 270 g/mol. The van der Waals surface area contributed by atoms with Crippen molar-refractivity contribution >= 4 is 27.7 Å². The van der Waals surface area contributed by atoms with Crippen molar-refractivity contribution in [1.82, 2.24) is 0 Å². The SMILES string of the molecule is CCSCCC(CN)c1ccccc1Br. The molecule has 84 valence electrons. The summed E-state index contributed by atoms with van der Waals surface area (Å²) in [5, 5.41) is 0. The van der Waals surface area contributed by atoms with Gasteiger partial charge in [-0.3, -0.25) is 0 Å². The second-order valence-corrected chi connectivity index (χ2v) is 5.69. The Morgan fingerprint density at radius 3 is 2.73 bits per heavy atom. The molecule has 0 aliphatic heterocycles. The third-order valence-electron chi connectivity index (χ3n) is 2.44. The first kappa shape index (κ1) is 13.1. The van der Waals surface area contributed by atoms with Crippen LogP contribution in [0, 0.1) is 0 Å². The summed E-state index contributed by atoms with van der Waals surface area (Å²) in [6, 6.07) is 8.38. The van der Waals surface area contributed by atoms with Crippen molar-refractivity contribution in [3.05, 3.63) is 34.3 Å². The molecule has 3 heteroatoms. The maximum Gasteiger partial charge on any atom is 0.0210 e. The van der Waals surface area contributed by atoms with Crippen molar-refractivity contribution in [1.29, 1.82) is 0 Å². The number of hydrogen-bond donors (Lipinski definition) is 1. The largest absolute Gasteiger partial charge is 0.330 e. The smallest absolute Gasteiger partial charge is 0.0210 e. The Balaban J connectivity index is 2.61. The van der Waals surface area contributed by atoms with E-state index < -0.39 is 0 Å². The summed E-state index contributed by atoms with van der Waals surface area (Å²) in [5.41, 5.74) is 7.17. The van der Waals surface area contributed by atoms with Gasteiger partial charge in [-0.15, -0.1) is 0 Å². The first-order chi connectivity index (χ1) is 7.29. The van der Waals surface area contributed by atoms with E-state index in [0.29, 0.717) is 5.92 Å². The lowest BCUT2D eigenvalue weighted by molar-refractivity contribution is 0.677. The standard InChI is InChI=1S/C12H18BrNS/c1-2-15-8-7-10(9-14)11-5-3-4-6-12(11)13/h3-6,10H,2,7-9,14H2,1H3. The molecule has 0 aliphatic carbocycles. The average molecular weight is 288 g/mol. The Hall–Kier alpha value is 0.01000. The summed E-state index contributed by atoms with van der Waals surface area (Å²) >= 11 is 5.57. The minimum atomic E-state index is 0.486. The van der Waals surface area contributed by atoms with Gasteiger partial charge in [0.25, 0.3) is 0 Å². The quantitative estimate of drug-likeness (QED) is 0.809. The lowest BCUT2D eigenvalue weighted by atomic mass is 9.97. The molecule has 1 rings (SSSR count). The van der Waals surface area contributed by atoms with Crippen LogP contribution >= 0.6 is 27.7 Å². The fraction of sp³-hybridized carbons (Fsp3) is 0.500. The van der Waals surface area contributed by atoms with Crippen LogP contribution in [-0.2, 0) is 0 Å². The molecule has 0 amide bonds. The predicted octanol–water partition coefficient (Wildman–Crippen LogP) is 3.63. The molecule has 0 aromatic heterocycles. The monoisotopic (exact) mass is 287 g/mol. The molecule has 0 bridgehead atoms. The summed E-state index contributed by atoms with van der Waals surface area (Å²) in [6.07, 6.45) is 1.16. The molecule has 2 N–H and O–H groups in total. The van der Waals surface area contributed by atoms with Crippen molar-refractivity contribution < 1.29 is 0 Å². The van der Waals surface area contributed by atoms with Crippen molar-refractivity contribution in [3.63, 3.8) is 0 Å². The summed E-state index contributed by atoms with van der Waals surface area (Å²) in [4.78, 5) is 0. The molecular formula is C12H18BrNS. The van der Waals surface area contributed by atoms with E-state index in [1.54, 1.807) is 0 Å². The molecule has 1 atom stereocenters. The Kier molecular flexibility index (Phi) is 6.37. The molecule has 1 aromatic rings. The molecule has 15 heavy (non-hydrogen) atoms. The van der Waals surface area contributed by atoms with Crippen LogP contribution in [0.4, 0.5) is 0 Å². The maximum atomic E-state index is 5.83. The highest BCUT2D eigenvalue weighted by atomic mass is 79.9. The second kappa shape index (κ2) is 7.31. The van der Waals surface area contributed by atoms with E-state index in [1.165, 1.54) is 21.5 Å². The van der Waals surface area contributed by atoms with Crippen LogP contribution < -0.4 is 5.73 Å². The van der Waals surface area contributed by atoms with Gasteiger partial charge in [-0.2, -0.15) is 11.8 Å². The van der Waals surface area contributed by atoms with E-state index in [2.05, 4.69) is 41.1 Å². The van der Waals surface area contributed by atoms with Crippen LogP contribution in [0.1, 0.15) is 24.8 Å². The first-order valence-electron chi connectivity index (χ1n) is 5.31. The highest BCUT2D eigenvalue weighted by Crippen LogP contribution is 2.27. The summed E-state index contributed by atoms with van der Waals surface area (Å²) in [6.45, 7) is 2.92. The second-order valence-electron chi connectivity index (χ2n) is 3.44. The van der Waals surface area contributed by atoms with Crippen LogP contribution in [0.15, 0.2) is 28.7 Å². The van der Waals surface area contributed by atoms with Gasteiger partial charge in [-0.1, -0.05) is 41.1 Å². The van der Waals surface area contributed by atoms with Gasteiger partial charge in [0.15, 0.2) is 0 Å². The van der Waals surface area contributed by atoms with Crippen molar-refractivity contribution in [2.45, 2.75) is 19.3 Å². The number of halogens is 1. The Morgan fingerprint density at radius 2 is 2.13 bits per heavy atom. The lowest BCUT2D eigenvalue weighted by Gasteiger charge is -2.16. The fourth-order valence-corrected chi connectivity index (χ4v) is 2.92. The van der Waals surface area contributed by atoms with E-state index in [-0.39, 0.29) is 0 Å². The normalized spacial score (nSPS) is 12.7. The summed E-state index contributed by atoms with van der Waals surface area (Å²) in [7, 11) is 0. The summed E-state index contributed by atoms with van der Waals surface area (Å²) < 4.78 is 1.18. The molecule has 0 saturated heterocycles. The minimum absolute atomic E-state index is 0.486. The maximum absolute atomic E-state index is 5.83. The molecule has 0 spiro atoms. The van der Waals surface area contributed by atoms with Crippen LogP contribution in [0.3, 0.4) is 0 Å². The fourth-order valence-electron chi connectivity index (χ4n) is 1.58.